The molecule has 1 aromatic heterocycles. The van der Waals surface area contributed by atoms with Crippen LogP contribution in [0.4, 0.5) is 0 Å². The highest BCUT2D eigenvalue weighted by Crippen LogP contribution is 2.19. The van der Waals surface area contributed by atoms with E-state index in [9.17, 15) is 4.79 Å². The highest BCUT2D eigenvalue weighted by Gasteiger charge is 2.19. The lowest BCUT2D eigenvalue weighted by Gasteiger charge is -2.27. The lowest BCUT2D eigenvalue weighted by Crippen LogP contribution is -2.41. The smallest absolute Gasteiger partial charge is 0.223 e. The largest absolute Gasteiger partial charge is 0.378 e. The second kappa shape index (κ2) is 5.77. The zero-order valence-electron chi connectivity index (χ0n) is 10.1. The number of ether oxygens (including phenoxy) is 1. The van der Waals surface area contributed by atoms with E-state index in [0.717, 1.165) is 18.7 Å². The third-order valence-electron chi connectivity index (χ3n) is 3.10. The molecule has 2 heterocycles. The molecular weight excluding hydrogens is 216 g/mol. The molecule has 1 amide bonds. The van der Waals surface area contributed by atoms with Crippen molar-refractivity contribution in [1.82, 2.24) is 9.88 Å². The van der Waals surface area contributed by atoms with E-state index < -0.39 is 0 Å². The average molecular weight is 234 g/mol. The van der Waals surface area contributed by atoms with Crippen LogP contribution in [0.2, 0.25) is 0 Å². The Morgan fingerprint density at radius 1 is 1.53 bits per heavy atom. The van der Waals surface area contributed by atoms with E-state index in [1.807, 2.05) is 23.2 Å². The van der Waals surface area contributed by atoms with Crippen molar-refractivity contribution >= 4 is 5.91 Å². The van der Waals surface area contributed by atoms with Gasteiger partial charge in [0.2, 0.25) is 5.91 Å². The molecule has 1 fully saturated rings. The topological polar surface area (TPSA) is 42.4 Å². The van der Waals surface area contributed by atoms with Gasteiger partial charge in [0.15, 0.2) is 0 Å². The summed E-state index contributed by atoms with van der Waals surface area (Å²) in [5, 5.41) is 0. The van der Waals surface area contributed by atoms with Gasteiger partial charge in [-0.3, -0.25) is 9.78 Å². The number of hydrogen-bond acceptors (Lipinski definition) is 3. The Hall–Kier alpha value is -1.42. The fraction of sp³-hybridized carbons (Fsp3) is 0.538. The fourth-order valence-corrected chi connectivity index (χ4v) is 1.99. The number of nitrogens with zero attached hydrogens (tertiary/aromatic N) is 2. The molecule has 1 unspecified atom stereocenters. The summed E-state index contributed by atoms with van der Waals surface area (Å²) in [5.74, 6) is 0.434. The first kappa shape index (κ1) is 12.0. The van der Waals surface area contributed by atoms with Crippen molar-refractivity contribution < 1.29 is 9.53 Å². The van der Waals surface area contributed by atoms with E-state index in [-0.39, 0.29) is 11.8 Å². The van der Waals surface area contributed by atoms with Gasteiger partial charge in [0, 0.05) is 31.9 Å². The van der Waals surface area contributed by atoms with Crippen LogP contribution < -0.4 is 0 Å². The SMILES string of the molecule is CC(CC(=O)N1CCOCC1)c1cccnc1. The van der Waals surface area contributed by atoms with Gasteiger partial charge in [0.1, 0.15) is 0 Å². The van der Waals surface area contributed by atoms with Gasteiger partial charge in [-0.2, -0.15) is 0 Å². The molecule has 1 aromatic rings. The summed E-state index contributed by atoms with van der Waals surface area (Å²) in [6.45, 7) is 4.83. The normalized spacial score (nSPS) is 17.8. The summed E-state index contributed by atoms with van der Waals surface area (Å²) < 4.78 is 5.24. The third kappa shape index (κ3) is 3.27. The maximum atomic E-state index is 12.0. The van der Waals surface area contributed by atoms with Gasteiger partial charge in [-0.15, -0.1) is 0 Å². The van der Waals surface area contributed by atoms with Gasteiger partial charge in [0.25, 0.3) is 0 Å². The molecule has 1 aliphatic rings. The Kier molecular flexibility index (Phi) is 4.09. The van der Waals surface area contributed by atoms with Crippen LogP contribution in [0.1, 0.15) is 24.8 Å². The van der Waals surface area contributed by atoms with Crippen molar-refractivity contribution in [2.24, 2.45) is 0 Å². The summed E-state index contributed by atoms with van der Waals surface area (Å²) in [6, 6.07) is 3.93. The van der Waals surface area contributed by atoms with E-state index in [4.69, 9.17) is 4.74 Å². The molecule has 0 spiro atoms. The molecule has 0 radical (unpaired) electrons. The van der Waals surface area contributed by atoms with Crippen LogP contribution in [0.25, 0.3) is 0 Å². The van der Waals surface area contributed by atoms with Crippen molar-refractivity contribution in [2.75, 3.05) is 26.3 Å². The number of carbonyl (C=O) groups excluding carboxylic acids is 1. The zero-order valence-corrected chi connectivity index (χ0v) is 10.1. The molecular formula is C13H18N2O2. The van der Waals surface area contributed by atoms with Crippen molar-refractivity contribution in [3.8, 4) is 0 Å². The molecule has 1 atom stereocenters. The number of morpholine rings is 1. The van der Waals surface area contributed by atoms with Crippen LogP contribution >= 0.6 is 0 Å². The molecule has 1 saturated heterocycles. The summed E-state index contributed by atoms with van der Waals surface area (Å²) in [7, 11) is 0. The molecule has 0 saturated carbocycles. The lowest BCUT2D eigenvalue weighted by atomic mass is 9.99. The Morgan fingerprint density at radius 2 is 2.29 bits per heavy atom. The van der Waals surface area contributed by atoms with Gasteiger partial charge in [-0.1, -0.05) is 13.0 Å². The molecule has 2 rings (SSSR count). The van der Waals surface area contributed by atoms with Crippen LogP contribution in [0.5, 0.6) is 0 Å². The zero-order chi connectivity index (χ0) is 12.1. The van der Waals surface area contributed by atoms with E-state index in [2.05, 4.69) is 11.9 Å². The Bertz CT molecular complexity index is 361. The second-order valence-electron chi connectivity index (χ2n) is 4.38. The van der Waals surface area contributed by atoms with Crippen molar-refractivity contribution in [1.29, 1.82) is 0 Å². The fourth-order valence-electron chi connectivity index (χ4n) is 1.99. The number of amides is 1. The van der Waals surface area contributed by atoms with Gasteiger partial charge in [0.05, 0.1) is 13.2 Å². The minimum atomic E-state index is 0.213. The first-order valence-electron chi connectivity index (χ1n) is 6.03. The highest BCUT2D eigenvalue weighted by atomic mass is 16.5. The molecule has 92 valence electrons. The van der Waals surface area contributed by atoms with E-state index in [1.165, 1.54) is 0 Å². The van der Waals surface area contributed by atoms with Crippen molar-refractivity contribution in [3.63, 3.8) is 0 Å². The Labute approximate surface area is 102 Å². The molecule has 0 aliphatic carbocycles. The summed E-state index contributed by atoms with van der Waals surface area (Å²) in [6.07, 6.45) is 4.13. The number of hydrogen-bond donors (Lipinski definition) is 0. The lowest BCUT2D eigenvalue weighted by molar-refractivity contribution is -0.135. The average Bonchev–Trinajstić information content (AvgIpc) is 2.40. The number of aromatic nitrogens is 1. The predicted molar refractivity (Wildman–Crippen MR) is 64.7 cm³/mol. The van der Waals surface area contributed by atoms with E-state index in [1.54, 1.807) is 6.20 Å². The second-order valence-corrected chi connectivity index (χ2v) is 4.38. The molecule has 17 heavy (non-hydrogen) atoms. The third-order valence-corrected chi connectivity index (χ3v) is 3.10. The van der Waals surface area contributed by atoms with Crippen LogP contribution in [0.15, 0.2) is 24.5 Å². The number of carbonyl (C=O) groups is 1. The van der Waals surface area contributed by atoms with Crippen molar-refractivity contribution in [3.05, 3.63) is 30.1 Å². The summed E-state index contributed by atoms with van der Waals surface area (Å²) in [5.41, 5.74) is 1.12. The monoisotopic (exact) mass is 234 g/mol. The summed E-state index contributed by atoms with van der Waals surface area (Å²) in [4.78, 5) is 18.0. The first-order valence-corrected chi connectivity index (χ1v) is 6.03. The quantitative estimate of drug-likeness (QED) is 0.794. The van der Waals surface area contributed by atoms with Crippen LogP contribution in [0.3, 0.4) is 0 Å². The Balaban J connectivity index is 1.89. The molecule has 0 N–H and O–H groups in total. The number of pyridine rings is 1. The minimum Gasteiger partial charge on any atom is -0.378 e. The molecule has 4 nitrogen and oxygen atoms in total. The molecule has 1 aliphatic heterocycles. The number of rotatable bonds is 3. The molecule has 0 bridgehead atoms. The predicted octanol–water partition coefficient (Wildman–Crippen LogP) is 1.43. The summed E-state index contributed by atoms with van der Waals surface area (Å²) >= 11 is 0. The maximum absolute atomic E-state index is 12.0. The van der Waals surface area contributed by atoms with E-state index in [0.29, 0.717) is 19.6 Å². The standard InChI is InChI=1S/C13H18N2O2/c1-11(12-3-2-4-14-10-12)9-13(16)15-5-7-17-8-6-15/h2-4,10-11H,5-9H2,1H3. The van der Waals surface area contributed by atoms with Crippen LogP contribution in [-0.4, -0.2) is 42.1 Å². The molecule has 0 aromatic carbocycles. The Morgan fingerprint density at radius 3 is 2.94 bits per heavy atom. The van der Waals surface area contributed by atoms with Gasteiger partial charge < -0.3 is 9.64 Å². The van der Waals surface area contributed by atoms with Gasteiger partial charge in [-0.05, 0) is 17.5 Å². The van der Waals surface area contributed by atoms with Crippen LogP contribution in [-0.2, 0) is 9.53 Å². The van der Waals surface area contributed by atoms with E-state index >= 15 is 0 Å². The minimum absolute atomic E-state index is 0.213. The van der Waals surface area contributed by atoms with Crippen molar-refractivity contribution in [2.45, 2.75) is 19.3 Å². The first-order chi connectivity index (χ1) is 8.27. The van der Waals surface area contributed by atoms with Crippen LogP contribution in [0, 0.1) is 0 Å². The maximum Gasteiger partial charge on any atom is 0.223 e. The molecule has 4 heteroatoms. The highest BCUT2D eigenvalue weighted by molar-refractivity contribution is 5.77. The van der Waals surface area contributed by atoms with Gasteiger partial charge >= 0.3 is 0 Å². The van der Waals surface area contributed by atoms with Gasteiger partial charge in [-0.25, -0.2) is 0 Å².